The Kier molecular flexibility index (Phi) is 5.68. The van der Waals surface area contributed by atoms with Gasteiger partial charge in [-0.25, -0.2) is 14.2 Å². The van der Waals surface area contributed by atoms with E-state index in [-0.39, 0.29) is 6.42 Å². The maximum absolute atomic E-state index is 13.3. The first-order chi connectivity index (χ1) is 8.97. The highest BCUT2D eigenvalue weighted by Gasteiger charge is 2.23. The quantitative estimate of drug-likeness (QED) is 0.772. The number of nitrogens with one attached hydrogen (secondary N) is 1. The summed E-state index contributed by atoms with van der Waals surface area (Å²) in [5.74, 6) is -4.48. The number of amides is 1. The van der Waals surface area contributed by atoms with Crippen molar-refractivity contribution in [3.63, 3.8) is 0 Å². The van der Waals surface area contributed by atoms with E-state index in [9.17, 15) is 18.4 Å². The molecule has 1 rings (SSSR count). The van der Waals surface area contributed by atoms with E-state index in [1.165, 1.54) is 11.8 Å². The number of carboxylic acid groups (broad SMARTS) is 1. The molecule has 0 bridgehead atoms. The average Bonchev–Trinajstić information content (AvgIpc) is 2.37. The van der Waals surface area contributed by atoms with E-state index in [0.717, 1.165) is 12.3 Å². The van der Waals surface area contributed by atoms with E-state index in [2.05, 4.69) is 10.3 Å². The first kappa shape index (κ1) is 15.4. The van der Waals surface area contributed by atoms with Gasteiger partial charge in [0.2, 0.25) is 5.95 Å². The molecule has 0 aliphatic heterocycles. The maximum Gasteiger partial charge on any atom is 0.326 e. The largest absolute Gasteiger partial charge is 0.480 e. The molecule has 104 valence electrons. The second-order valence-electron chi connectivity index (χ2n) is 3.61. The van der Waals surface area contributed by atoms with Gasteiger partial charge in [-0.2, -0.15) is 16.2 Å². The third-order valence-corrected chi connectivity index (χ3v) is 2.95. The van der Waals surface area contributed by atoms with Crippen molar-refractivity contribution in [1.29, 1.82) is 0 Å². The first-order valence-electron chi connectivity index (χ1n) is 5.30. The summed E-state index contributed by atoms with van der Waals surface area (Å²) in [6.45, 7) is 0. The van der Waals surface area contributed by atoms with Crippen LogP contribution in [-0.4, -0.2) is 40.0 Å². The predicted octanol–water partition coefficient (Wildman–Crippen LogP) is 1.30. The summed E-state index contributed by atoms with van der Waals surface area (Å²) < 4.78 is 26.2. The lowest BCUT2D eigenvalue weighted by Crippen LogP contribution is -2.41. The fraction of sp³-hybridized carbons (Fsp3) is 0.364. The summed E-state index contributed by atoms with van der Waals surface area (Å²) in [4.78, 5) is 25.6. The zero-order valence-electron chi connectivity index (χ0n) is 10.0. The predicted molar refractivity (Wildman–Crippen MR) is 66.0 cm³/mol. The lowest BCUT2D eigenvalue weighted by atomic mass is 10.2. The average molecular weight is 290 g/mol. The number of carbonyl (C=O) groups is 2. The van der Waals surface area contributed by atoms with Crippen molar-refractivity contribution in [3.8, 4) is 0 Å². The van der Waals surface area contributed by atoms with Crippen LogP contribution in [0, 0.1) is 11.8 Å². The van der Waals surface area contributed by atoms with Gasteiger partial charge < -0.3 is 10.4 Å². The van der Waals surface area contributed by atoms with Crippen LogP contribution in [-0.2, 0) is 4.79 Å². The van der Waals surface area contributed by atoms with Crippen LogP contribution >= 0.6 is 11.8 Å². The van der Waals surface area contributed by atoms with Crippen LogP contribution < -0.4 is 5.32 Å². The molecule has 1 amide bonds. The molecular formula is C11H12F2N2O3S. The van der Waals surface area contributed by atoms with Gasteiger partial charge in [0.25, 0.3) is 5.91 Å². The van der Waals surface area contributed by atoms with Gasteiger partial charge in [-0.3, -0.25) is 4.79 Å². The van der Waals surface area contributed by atoms with E-state index < -0.39 is 35.2 Å². The van der Waals surface area contributed by atoms with Crippen LogP contribution in [0.5, 0.6) is 0 Å². The van der Waals surface area contributed by atoms with Crippen molar-refractivity contribution in [2.24, 2.45) is 0 Å². The highest BCUT2D eigenvalue weighted by Crippen LogP contribution is 2.10. The Morgan fingerprint density at radius 3 is 2.79 bits per heavy atom. The van der Waals surface area contributed by atoms with Crippen LogP contribution in [0.3, 0.4) is 0 Å². The summed E-state index contributed by atoms with van der Waals surface area (Å²) in [6, 6.07) is -0.156. The lowest BCUT2D eigenvalue weighted by molar-refractivity contribution is -0.139. The molecule has 0 aliphatic rings. The van der Waals surface area contributed by atoms with Gasteiger partial charge in [0.15, 0.2) is 5.82 Å². The molecule has 1 aromatic heterocycles. The van der Waals surface area contributed by atoms with Gasteiger partial charge in [-0.15, -0.1) is 0 Å². The second-order valence-corrected chi connectivity index (χ2v) is 4.59. The molecule has 0 aliphatic carbocycles. The second kappa shape index (κ2) is 7.03. The van der Waals surface area contributed by atoms with Crippen molar-refractivity contribution < 1.29 is 23.5 Å². The number of thioether (sulfide) groups is 1. The minimum atomic E-state index is -1.40. The van der Waals surface area contributed by atoms with Crippen molar-refractivity contribution in [2.45, 2.75) is 12.5 Å². The van der Waals surface area contributed by atoms with E-state index >= 15 is 0 Å². The number of carboxylic acids is 1. The van der Waals surface area contributed by atoms with Crippen molar-refractivity contribution in [1.82, 2.24) is 10.3 Å². The highest BCUT2D eigenvalue weighted by molar-refractivity contribution is 7.98. The number of nitrogens with zero attached hydrogens (tertiary/aromatic N) is 1. The van der Waals surface area contributed by atoms with Gasteiger partial charge in [0.05, 0.1) is 5.56 Å². The number of hydrogen-bond acceptors (Lipinski definition) is 4. The van der Waals surface area contributed by atoms with Crippen LogP contribution in [0.2, 0.25) is 0 Å². The molecule has 19 heavy (non-hydrogen) atoms. The third kappa shape index (κ3) is 4.16. The molecule has 0 fully saturated rings. The summed E-state index contributed by atoms with van der Waals surface area (Å²) in [5.41, 5.74) is -0.567. The molecule has 2 N–H and O–H groups in total. The van der Waals surface area contributed by atoms with Gasteiger partial charge >= 0.3 is 5.97 Å². The number of aromatic nitrogens is 1. The fourth-order valence-corrected chi connectivity index (χ4v) is 1.79. The van der Waals surface area contributed by atoms with Gasteiger partial charge in [0.1, 0.15) is 6.04 Å². The van der Waals surface area contributed by atoms with Crippen LogP contribution in [0.15, 0.2) is 12.3 Å². The zero-order chi connectivity index (χ0) is 14.4. The summed E-state index contributed by atoms with van der Waals surface area (Å²) in [5, 5.41) is 11.1. The normalized spacial score (nSPS) is 11.9. The molecule has 1 heterocycles. The Bertz CT molecular complexity index is 485. The molecule has 1 aromatic rings. The van der Waals surface area contributed by atoms with Gasteiger partial charge in [0, 0.05) is 6.20 Å². The molecule has 0 radical (unpaired) electrons. The van der Waals surface area contributed by atoms with Crippen LogP contribution in [0.25, 0.3) is 0 Å². The molecule has 5 nitrogen and oxygen atoms in total. The molecule has 0 saturated carbocycles. The number of rotatable bonds is 6. The molecule has 0 spiro atoms. The first-order valence-corrected chi connectivity index (χ1v) is 6.69. The fourth-order valence-electron chi connectivity index (χ4n) is 1.32. The standard InChI is InChI=1S/C11H12F2N2O3S/c1-19-5-3-7(11(17)18)15-10(16)6-2-4-14-9(13)8(6)12/h2,4,7H,3,5H2,1H3,(H,15,16)(H,17,18)/t7-/m0/s1. The Morgan fingerprint density at radius 2 is 2.21 bits per heavy atom. The number of carbonyl (C=O) groups excluding carboxylic acids is 1. The number of aliphatic carboxylic acids is 1. The number of hydrogen-bond donors (Lipinski definition) is 2. The Morgan fingerprint density at radius 1 is 1.53 bits per heavy atom. The Labute approximate surface area is 112 Å². The summed E-state index contributed by atoms with van der Waals surface area (Å²) in [6.07, 6.45) is 2.92. The monoisotopic (exact) mass is 290 g/mol. The van der Waals surface area contributed by atoms with Gasteiger partial charge in [-0.1, -0.05) is 0 Å². The van der Waals surface area contributed by atoms with Crippen LogP contribution in [0.4, 0.5) is 8.78 Å². The Hall–Kier alpha value is -1.70. The summed E-state index contributed by atoms with van der Waals surface area (Å²) in [7, 11) is 0. The Balaban J connectivity index is 2.82. The maximum atomic E-state index is 13.3. The van der Waals surface area contributed by atoms with Crippen LogP contribution in [0.1, 0.15) is 16.8 Å². The highest BCUT2D eigenvalue weighted by atomic mass is 32.2. The van der Waals surface area contributed by atoms with Crippen molar-refractivity contribution >= 4 is 23.6 Å². The van der Waals surface area contributed by atoms with E-state index in [4.69, 9.17) is 5.11 Å². The number of halogens is 2. The summed E-state index contributed by atoms with van der Waals surface area (Å²) >= 11 is 1.42. The van der Waals surface area contributed by atoms with Crippen molar-refractivity contribution in [3.05, 3.63) is 29.6 Å². The molecule has 1 atom stereocenters. The number of pyridine rings is 1. The van der Waals surface area contributed by atoms with E-state index in [1.54, 1.807) is 6.26 Å². The minimum Gasteiger partial charge on any atom is -0.480 e. The third-order valence-electron chi connectivity index (χ3n) is 2.31. The van der Waals surface area contributed by atoms with E-state index in [0.29, 0.717) is 5.75 Å². The van der Waals surface area contributed by atoms with E-state index in [1.807, 2.05) is 0 Å². The minimum absolute atomic E-state index is 0.192. The molecule has 0 aromatic carbocycles. The lowest BCUT2D eigenvalue weighted by Gasteiger charge is -2.14. The SMILES string of the molecule is CSCC[C@H](NC(=O)c1ccnc(F)c1F)C(=O)O. The van der Waals surface area contributed by atoms with Gasteiger partial charge in [-0.05, 0) is 24.5 Å². The molecular weight excluding hydrogens is 278 g/mol. The topological polar surface area (TPSA) is 79.3 Å². The molecule has 0 saturated heterocycles. The molecule has 0 unspecified atom stereocenters. The van der Waals surface area contributed by atoms with Crippen molar-refractivity contribution in [2.75, 3.05) is 12.0 Å². The molecule has 8 heteroatoms. The zero-order valence-corrected chi connectivity index (χ0v) is 10.8. The smallest absolute Gasteiger partial charge is 0.326 e.